The zero-order valence-corrected chi connectivity index (χ0v) is 16.5. The quantitative estimate of drug-likeness (QED) is 0.421. The SMILES string of the molecule is C[C@@H](Cl)CC(=O)Nc1ccccc1C(=O)OCC(=O)c1ccc2c(c1)OCCO2. The van der Waals surface area contributed by atoms with Gasteiger partial charge in [-0.2, -0.15) is 0 Å². The number of benzene rings is 2. The number of ketones is 1. The fourth-order valence-electron chi connectivity index (χ4n) is 2.74. The first kappa shape index (κ1) is 20.7. The van der Waals surface area contributed by atoms with Gasteiger partial charge in [0.15, 0.2) is 23.9 Å². The molecule has 1 N–H and O–H groups in total. The Bertz CT molecular complexity index is 927. The molecule has 2 aromatic rings. The fraction of sp³-hybridized carbons (Fsp3) is 0.286. The van der Waals surface area contributed by atoms with Gasteiger partial charge in [0, 0.05) is 17.4 Å². The number of halogens is 1. The largest absolute Gasteiger partial charge is 0.486 e. The molecule has 1 aliphatic rings. The van der Waals surface area contributed by atoms with Crippen molar-refractivity contribution in [2.45, 2.75) is 18.7 Å². The maximum Gasteiger partial charge on any atom is 0.340 e. The second kappa shape index (κ2) is 9.43. The van der Waals surface area contributed by atoms with Crippen LogP contribution in [0, 0.1) is 0 Å². The summed E-state index contributed by atoms with van der Waals surface area (Å²) in [4.78, 5) is 36.8. The highest BCUT2D eigenvalue weighted by atomic mass is 35.5. The number of anilines is 1. The smallest absolute Gasteiger partial charge is 0.340 e. The predicted molar refractivity (Wildman–Crippen MR) is 107 cm³/mol. The molecular weight excluding hydrogens is 398 g/mol. The number of esters is 1. The van der Waals surface area contributed by atoms with Gasteiger partial charge in [0.25, 0.3) is 0 Å². The van der Waals surface area contributed by atoms with Crippen LogP contribution in [0.2, 0.25) is 0 Å². The number of carbonyl (C=O) groups excluding carboxylic acids is 3. The third-order valence-electron chi connectivity index (χ3n) is 4.09. The van der Waals surface area contributed by atoms with E-state index >= 15 is 0 Å². The molecule has 1 amide bonds. The molecule has 2 aromatic carbocycles. The van der Waals surface area contributed by atoms with Crippen LogP contribution in [0.25, 0.3) is 0 Å². The van der Waals surface area contributed by atoms with Crippen LogP contribution in [-0.4, -0.2) is 42.9 Å². The molecule has 1 atom stereocenters. The van der Waals surface area contributed by atoms with E-state index in [1.807, 2.05) is 0 Å². The lowest BCUT2D eigenvalue weighted by atomic mass is 10.1. The number of amides is 1. The summed E-state index contributed by atoms with van der Waals surface area (Å²) in [7, 11) is 0. The number of nitrogens with one attached hydrogen (secondary N) is 1. The van der Waals surface area contributed by atoms with E-state index in [4.69, 9.17) is 25.8 Å². The van der Waals surface area contributed by atoms with E-state index in [1.165, 1.54) is 6.07 Å². The lowest BCUT2D eigenvalue weighted by molar-refractivity contribution is -0.116. The van der Waals surface area contributed by atoms with Crippen LogP contribution >= 0.6 is 11.6 Å². The maximum absolute atomic E-state index is 12.4. The average Bonchev–Trinajstić information content (AvgIpc) is 2.71. The maximum atomic E-state index is 12.4. The third-order valence-corrected chi connectivity index (χ3v) is 4.24. The van der Waals surface area contributed by atoms with Gasteiger partial charge in [-0.15, -0.1) is 11.6 Å². The third kappa shape index (κ3) is 5.48. The van der Waals surface area contributed by atoms with Crippen molar-refractivity contribution >= 4 is 34.9 Å². The minimum absolute atomic E-state index is 0.105. The molecule has 8 heteroatoms. The van der Waals surface area contributed by atoms with Crippen LogP contribution in [-0.2, 0) is 9.53 Å². The van der Waals surface area contributed by atoms with Crippen LogP contribution in [0.5, 0.6) is 11.5 Å². The molecule has 1 heterocycles. The van der Waals surface area contributed by atoms with Crippen molar-refractivity contribution in [2.24, 2.45) is 0 Å². The number of para-hydroxylation sites is 1. The number of Topliss-reactive ketones (excluding diaryl/α,β-unsaturated/α-hetero) is 1. The zero-order chi connectivity index (χ0) is 20.8. The van der Waals surface area contributed by atoms with E-state index in [9.17, 15) is 14.4 Å². The zero-order valence-electron chi connectivity index (χ0n) is 15.8. The lowest BCUT2D eigenvalue weighted by Gasteiger charge is -2.18. The first-order valence-corrected chi connectivity index (χ1v) is 9.50. The number of fused-ring (bicyclic) bond motifs is 1. The molecular formula is C21H20ClNO6. The molecule has 0 spiro atoms. The van der Waals surface area contributed by atoms with Crippen molar-refractivity contribution in [3.8, 4) is 11.5 Å². The second-order valence-corrected chi connectivity index (χ2v) is 7.18. The normalized spacial score (nSPS) is 13.3. The van der Waals surface area contributed by atoms with Gasteiger partial charge in [-0.1, -0.05) is 12.1 Å². The van der Waals surface area contributed by atoms with Crippen LogP contribution < -0.4 is 14.8 Å². The van der Waals surface area contributed by atoms with E-state index < -0.39 is 12.6 Å². The van der Waals surface area contributed by atoms with Crippen molar-refractivity contribution < 1.29 is 28.6 Å². The Labute approximate surface area is 172 Å². The number of ether oxygens (including phenoxy) is 3. The van der Waals surface area contributed by atoms with Crippen molar-refractivity contribution in [3.63, 3.8) is 0 Å². The molecule has 0 aliphatic carbocycles. The average molecular weight is 418 g/mol. The topological polar surface area (TPSA) is 90.9 Å². The number of hydrogen-bond acceptors (Lipinski definition) is 6. The summed E-state index contributed by atoms with van der Waals surface area (Å²) in [5.74, 6) is -0.366. The Balaban J connectivity index is 1.63. The molecule has 7 nitrogen and oxygen atoms in total. The Morgan fingerprint density at radius 2 is 1.83 bits per heavy atom. The Kier molecular flexibility index (Phi) is 6.72. The molecule has 0 fully saturated rings. The van der Waals surface area contributed by atoms with Crippen molar-refractivity contribution in [2.75, 3.05) is 25.1 Å². The second-order valence-electron chi connectivity index (χ2n) is 6.44. The van der Waals surface area contributed by atoms with Gasteiger partial charge < -0.3 is 19.5 Å². The monoisotopic (exact) mass is 417 g/mol. The van der Waals surface area contributed by atoms with Gasteiger partial charge in [0.2, 0.25) is 5.91 Å². The minimum Gasteiger partial charge on any atom is -0.486 e. The standard InChI is InChI=1S/C21H20ClNO6/c1-13(22)10-20(25)23-16-5-3-2-4-15(16)21(26)29-12-17(24)14-6-7-18-19(11-14)28-9-8-27-18/h2-7,11,13H,8-10,12H2,1H3,(H,23,25)/t13-/m1/s1. The minimum atomic E-state index is -0.717. The van der Waals surface area contributed by atoms with Gasteiger partial charge in [0.1, 0.15) is 13.2 Å². The molecule has 0 saturated carbocycles. The predicted octanol–water partition coefficient (Wildman–Crippen LogP) is 3.45. The van der Waals surface area contributed by atoms with Gasteiger partial charge >= 0.3 is 5.97 Å². The summed E-state index contributed by atoms with van der Waals surface area (Å²) in [6.07, 6.45) is 0.105. The molecule has 0 unspecified atom stereocenters. The van der Waals surface area contributed by atoms with Crippen LogP contribution in [0.1, 0.15) is 34.1 Å². The molecule has 152 valence electrons. The summed E-state index contributed by atoms with van der Waals surface area (Å²) in [6, 6.07) is 11.2. The van der Waals surface area contributed by atoms with Gasteiger partial charge in [0.05, 0.1) is 11.3 Å². The first-order valence-electron chi connectivity index (χ1n) is 9.07. The van der Waals surface area contributed by atoms with Crippen LogP contribution in [0.15, 0.2) is 42.5 Å². The molecule has 0 saturated heterocycles. The van der Waals surface area contributed by atoms with E-state index in [0.717, 1.165) is 0 Å². The fourth-order valence-corrected chi connectivity index (χ4v) is 2.88. The highest BCUT2D eigenvalue weighted by Gasteiger charge is 2.19. The number of rotatable bonds is 7. The molecule has 0 radical (unpaired) electrons. The molecule has 0 bridgehead atoms. The molecule has 3 rings (SSSR count). The van der Waals surface area contributed by atoms with Crippen molar-refractivity contribution in [1.29, 1.82) is 0 Å². The summed E-state index contributed by atoms with van der Waals surface area (Å²) >= 11 is 5.82. The Morgan fingerprint density at radius 3 is 2.59 bits per heavy atom. The summed E-state index contributed by atoms with van der Waals surface area (Å²) in [5.41, 5.74) is 0.796. The summed E-state index contributed by atoms with van der Waals surface area (Å²) in [6.45, 7) is 2.12. The van der Waals surface area contributed by atoms with E-state index in [-0.39, 0.29) is 29.1 Å². The van der Waals surface area contributed by atoms with E-state index in [0.29, 0.717) is 36.0 Å². The highest BCUT2D eigenvalue weighted by Crippen LogP contribution is 2.30. The van der Waals surface area contributed by atoms with E-state index in [2.05, 4.69) is 5.32 Å². The number of carbonyl (C=O) groups is 3. The van der Waals surface area contributed by atoms with Gasteiger partial charge in [-0.05, 0) is 37.3 Å². The van der Waals surface area contributed by atoms with Crippen molar-refractivity contribution in [3.05, 3.63) is 53.6 Å². The lowest BCUT2D eigenvalue weighted by Crippen LogP contribution is -2.19. The summed E-state index contributed by atoms with van der Waals surface area (Å²) < 4.78 is 16.0. The number of alkyl halides is 1. The molecule has 1 aliphatic heterocycles. The van der Waals surface area contributed by atoms with Crippen LogP contribution in [0.3, 0.4) is 0 Å². The van der Waals surface area contributed by atoms with Crippen molar-refractivity contribution in [1.82, 2.24) is 0 Å². The van der Waals surface area contributed by atoms with E-state index in [1.54, 1.807) is 43.3 Å². The number of hydrogen-bond donors (Lipinski definition) is 1. The molecule has 29 heavy (non-hydrogen) atoms. The first-order chi connectivity index (χ1) is 13.9. The molecule has 0 aromatic heterocycles. The Morgan fingerprint density at radius 1 is 1.10 bits per heavy atom. The highest BCUT2D eigenvalue weighted by molar-refractivity contribution is 6.21. The van der Waals surface area contributed by atoms with Gasteiger partial charge in [-0.25, -0.2) is 4.79 Å². The van der Waals surface area contributed by atoms with Crippen LogP contribution in [0.4, 0.5) is 5.69 Å². The van der Waals surface area contributed by atoms with Gasteiger partial charge in [-0.3, -0.25) is 9.59 Å². The summed E-state index contributed by atoms with van der Waals surface area (Å²) in [5, 5.41) is 2.30. The Hall–Kier alpha value is -3.06.